The first-order chi connectivity index (χ1) is 17.1. The number of thioether (sulfide) groups is 1. The smallest absolute Gasteiger partial charge is 0.279 e. The zero-order valence-electron chi connectivity index (χ0n) is 19.5. The third-order valence-electron chi connectivity index (χ3n) is 5.78. The molecular weight excluding hydrogens is 458 g/mol. The van der Waals surface area contributed by atoms with Crippen molar-refractivity contribution in [2.75, 3.05) is 0 Å². The fourth-order valence-corrected chi connectivity index (χ4v) is 4.84. The monoisotopic (exact) mass is 483 g/mol. The van der Waals surface area contributed by atoms with Crippen LogP contribution in [-0.2, 0) is 6.54 Å². The Hall–Kier alpha value is -3.82. The molecule has 0 bridgehead atoms. The lowest BCUT2D eigenvalue weighted by Gasteiger charge is -2.19. The quantitative estimate of drug-likeness (QED) is 0.405. The van der Waals surface area contributed by atoms with Gasteiger partial charge in [-0.2, -0.15) is 4.99 Å². The summed E-state index contributed by atoms with van der Waals surface area (Å²) in [5.74, 6) is 0.401. The lowest BCUT2D eigenvalue weighted by atomic mass is 9.98. The van der Waals surface area contributed by atoms with Crippen molar-refractivity contribution in [2.45, 2.75) is 32.2 Å². The van der Waals surface area contributed by atoms with Gasteiger partial charge >= 0.3 is 0 Å². The Bertz CT molecular complexity index is 1340. The van der Waals surface area contributed by atoms with Crippen molar-refractivity contribution in [3.05, 3.63) is 89.5 Å². The van der Waals surface area contributed by atoms with Crippen LogP contribution in [0, 0.1) is 6.92 Å². The van der Waals surface area contributed by atoms with Gasteiger partial charge in [-0.15, -0.1) is 5.10 Å². The first kappa shape index (κ1) is 22.9. The number of hydrogen-bond donors (Lipinski definition) is 2. The predicted molar refractivity (Wildman–Crippen MR) is 138 cm³/mol. The maximum atomic E-state index is 12.8. The van der Waals surface area contributed by atoms with E-state index in [0.717, 1.165) is 34.2 Å². The number of H-pyrrole nitrogens is 1. The van der Waals surface area contributed by atoms with Crippen LogP contribution in [0.2, 0.25) is 0 Å². The zero-order chi connectivity index (χ0) is 24.2. The minimum absolute atomic E-state index is 0.182. The molecule has 1 fully saturated rings. The molecule has 0 spiro atoms. The number of aliphatic imine (C=N–C) groups is 1. The maximum Gasteiger partial charge on any atom is 0.279 e. The molecule has 0 saturated carbocycles. The average Bonchev–Trinajstić information content (AvgIpc) is 3.55. The van der Waals surface area contributed by atoms with Crippen molar-refractivity contribution in [2.24, 2.45) is 4.99 Å². The van der Waals surface area contributed by atoms with Crippen molar-refractivity contribution in [1.82, 2.24) is 31.1 Å². The molecule has 3 aromatic carbocycles. The number of aromatic nitrogens is 4. The van der Waals surface area contributed by atoms with E-state index < -0.39 is 0 Å². The summed E-state index contributed by atoms with van der Waals surface area (Å²) >= 11 is 1.59. The molecule has 1 atom stereocenters. The Morgan fingerprint density at radius 3 is 2.46 bits per heavy atom. The Morgan fingerprint density at radius 2 is 1.77 bits per heavy atom. The number of amides is 1. The summed E-state index contributed by atoms with van der Waals surface area (Å²) < 4.78 is 0. The lowest BCUT2D eigenvalue weighted by molar-refractivity contribution is 0.100. The highest BCUT2D eigenvalue weighted by Crippen LogP contribution is 2.31. The standard InChI is InChI=1S/C26H25N7OS/c1-3-23-30-33(26(35-23)27-25(34)20-12-8-17(2)9-13-20)16-18-10-14-19(15-11-18)21-6-4-5-7-22(21)24-28-31-32-29-24/h4-15,23,30H,3,16H2,1-2H3,(H,28,29,31,32). The second-order valence-corrected chi connectivity index (χ2v) is 9.46. The van der Waals surface area contributed by atoms with E-state index in [2.05, 4.69) is 68.3 Å². The first-order valence-electron chi connectivity index (χ1n) is 11.4. The SMILES string of the molecule is CCC1NN(Cc2ccc(-c3ccccc3-c3nnn[nH]3)cc2)C(=NC(=O)c2ccc(C)cc2)S1. The molecule has 0 radical (unpaired) electrons. The zero-order valence-corrected chi connectivity index (χ0v) is 20.3. The van der Waals surface area contributed by atoms with Gasteiger partial charge in [-0.3, -0.25) is 9.80 Å². The van der Waals surface area contributed by atoms with Crippen LogP contribution >= 0.6 is 11.8 Å². The number of nitrogens with zero attached hydrogens (tertiary/aromatic N) is 5. The molecule has 9 heteroatoms. The Morgan fingerprint density at radius 1 is 1.03 bits per heavy atom. The van der Waals surface area contributed by atoms with Crippen LogP contribution in [0.3, 0.4) is 0 Å². The predicted octanol–water partition coefficient (Wildman–Crippen LogP) is 4.83. The molecule has 2 N–H and O–H groups in total. The van der Waals surface area contributed by atoms with E-state index >= 15 is 0 Å². The van der Waals surface area contributed by atoms with Crippen LogP contribution in [0.5, 0.6) is 0 Å². The molecule has 176 valence electrons. The second-order valence-electron chi connectivity index (χ2n) is 8.29. The lowest BCUT2D eigenvalue weighted by Crippen LogP contribution is -2.37. The number of rotatable bonds is 6. The fourth-order valence-electron chi connectivity index (χ4n) is 3.86. The number of aryl methyl sites for hydroxylation is 1. The molecule has 8 nitrogen and oxygen atoms in total. The highest BCUT2D eigenvalue weighted by Gasteiger charge is 2.28. The van der Waals surface area contributed by atoms with Crippen LogP contribution < -0.4 is 5.43 Å². The molecule has 1 aromatic heterocycles. The minimum atomic E-state index is -0.232. The molecule has 5 rings (SSSR count). The van der Waals surface area contributed by atoms with E-state index in [1.807, 2.05) is 54.4 Å². The number of nitrogens with one attached hydrogen (secondary N) is 2. The first-order valence-corrected chi connectivity index (χ1v) is 12.3. The molecule has 35 heavy (non-hydrogen) atoms. The molecule has 1 aliphatic heterocycles. The molecular formula is C26H25N7OS. The van der Waals surface area contributed by atoms with E-state index in [0.29, 0.717) is 23.1 Å². The summed E-state index contributed by atoms with van der Waals surface area (Å²) in [6.07, 6.45) is 0.922. The number of tetrazole rings is 1. The summed E-state index contributed by atoms with van der Waals surface area (Å²) in [7, 11) is 0. The van der Waals surface area contributed by atoms with Gasteiger partial charge in [0, 0.05) is 11.1 Å². The molecule has 1 saturated heterocycles. The van der Waals surface area contributed by atoms with Crippen LogP contribution in [-0.4, -0.2) is 42.1 Å². The third-order valence-corrected chi connectivity index (χ3v) is 7.02. The number of amidine groups is 1. The van der Waals surface area contributed by atoms with Crippen molar-refractivity contribution in [1.29, 1.82) is 0 Å². The Labute approximate surface area is 207 Å². The molecule has 1 amide bonds. The molecule has 2 heterocycles. The van der Waals surface area contributed by atoms with Gasteiger partial charge in [-0.1, -0.05) is 84.9 Å². The number of carbonyl (C=O) groups excluding carboxylic acids is 1. The summed E-state index contributed by atoms with van der Waals surface area (Å²) in [5, 5.41) is 17.1. The van der Waals surface area contributed by atoms with Crippen LogP contribution in [0.25, 0.3) is 22.5 Å². The van der Waals surface area contributed by atoms with Gasteiger partial charge in [-0.05, 0) is 52.6 Å². The molecule has 1 aliphatic rings. The topological polar surface area (TPSA) is 99.2 Å². The summed E-state index contributed by atoms with van der Waals surface area (Å²) in [6.45, 7) is 4.71. The van der Waals surface area contributed by atoms with Gasteiger partial charge in [0.05, 0.1) is 11.9 Å². The summed E-state index contributed by atoms with van der Waals surface area (Å²) in [5.41, 5.74) is 9.33. The van der Waals surface area contributed by atoms with Crippen LogP contribution in [0.1, 0.15) is 34.8 Å². The van der Waals surface area contributed by atoms with Gasteiger partial charge in [0.25, 0.3) is 5.91 Å². The van der Waals surface area contributed by atoms with Crippen molar-refractivity contribution >= 4 is 22.8 Å². The van der Waals surface area contributed by atoms with Gasteiger partial charge in [0.2, 0.25) is 0 Å². The molecule has 4 aromatic rings. The van der Waals surface area contributed by atoms with Crippen molar-refractivity contribution in [3.8, 4) is 22.5 Å². The number of benzene rings is 3. The summed E-state index contributed by atoms with van der Waals surface area (Å²) in [4.78, 5) is 17.2. The van der Waals surface area contributed by atoms with Gasteiger partial charge < -0.3 is 0 Å². The van der Waals surface area contributed by atoms with Crippen molar-refractivity contribution < 1.29 is 4.79 Å². The average molecular weight is 484 g/mol. The molecule has 1 unspecified atom stereocenters. The van der Waals surface area contributed by atoms with E-state index in [9.17, 15) is 4.79 Å². The normalized spacial score (nSPS) is 16.7. The second kappa shape index (κ2) is 10.2. The summed E-state index contributed by atoms with van der Waals surface area (Å²) in [6, 6.07) is 23.9. The number of hydrogen-bond acceptors (Lipinski definition) is 6. The Kier molecular flexibility index (Phi) is 6.69. The fraction of sp³-hybridized carbons (Fsp3) is 0.192. The van der Waals surface area contributed by atoms with Crippen LogP contribution in [0.15, 0.2) is 77.8 Å². The third kappa shape index (κ3) is 5.16. The molecule has 0 aliphatic carbocycles. The van der Waals surface area contributed by atoms with E-state index in [1.165, 1.54) is 0 Å². The van der Waals surface area contributed by atoms with E-state index in [-0.39, 0.29) is 11.3 Å². The minimum Gasteiger partial charge on any atom is -0.281 e. The van der Waals surface area contributed by atoms with Gasteiger partial charge in [0.1, 0.15) is 0 Å². The largest absolute Gasteiger partial charge is 0.281 e. The Balaban J connectivity index is 1.35. The van der Waals surface area contributed by atoms with E-state index in [1.54, 1.807) is 11.8 Å². The van der Waals surface area contributed by atoms with Gasteiger partial charge in [-0.25, -0.2) is 10.5 Å². The highest BCUT2D eigenvalue weighted by atomic mass is 32.2. The van der Waals surface area contributed by atoms with Crippen LogP contribution in [0.4, 0.5) is 0 Å². The highest BCUT2D eigenvalue weighted by molar-refractivity contribution is 8.14. The van der Waals surface area contributed by atoms with E-state index in [4.69, 9.17) is 0 Å². The van der Waals surface area contributed by atoms with Crippen molar-refractivity contribution in [3.63, 3.8) is 0 Å². The maximum absolute atomic E-state index is 12.8. The number of aromatic amines is 1. The number of carbonyl (C=O) groups is 1. The van der Waals surface area contributed by atoms with Gasteiger partial charge in [0.15, 0.2) is 11.0 Å². The number of hydrazine groups is 1.